The van der Waals surface area contributed by atoms with Crippen molar-refractivity contribution in [2.75, 3.05) is 4.90 Å². The van der Waals surface area contributed by atoms with Crippen LogP contribution in [-0.4, -0.2) is 17.0 Å². The Morgan fingerprint density at radius 3 is 2.48 bits per heavy atom. The van der Waals surface area contributed by atoms with Crippen molar-refractivity contribution < 1.29 is 32.3 Å². The molecule has 0 radical (unpaired) electrons. The fourth-order valence-corrected chi connectivity index (χ4v) is 3.64. The molecule has 1 heterocycles. The average molecular weight is 472 g/mol. The molecule has 29 heavy (non-hydrogen) atoms. The van der Waals surface area contributed by atoms with Crippen molar-refractivity contribution in [2.45, 2.75) is 26.1 Å². The lowest BCUT2D eigenvalue weighted by Crippen LogP contribution is -2.31. The number of aryl methyl sites for hydroxylation is 1. The van der Waals surface area contributed by atoms with Gasteiger partial charge in [-0.3, -0.25) is 4.79 Å². The Kier molecular flexibility index (Phi) is 5.53. The molecule has 0 saturated heterocycles. The van der Waals surface area contributed by atoms with Crippen LogP contribution in [0.4, 0.5) is 23.2 Å². The monoisotopic (exact) mass is 471 g/mol. The first kappa shape index (κ1) is 21.0. The highest BCUT2D eigenvalue weighted by molar-refractivity contribution is 9.15. The number of hydrogen-bond donors (Lipinski definition) is 1. The predicted octanol–water partition coefficient (Wildman–Crippen LogP) is 5.28. The molecule has 0 aromatic heterocycles. The Bertz CT molecular complexity index is 1050. The summed E-state index contributed by atoms with van der Waals surface area (Å²) in [6.45, 7) is 1.35. The lowest BCUT2D eigenvalue weighted by molar-refractivity contribution is -0.137. The number of aliphatic carboxylic acids is 1. The van der Waals surface area contributed by atoms with Gasteiger partial charge in [0.25, 0.3) is 0 Å². The van der Waals surface area contributed by atoms with E-state index in [1.54, 1.807) is 13.0 Å². The van der Waals surface area contributed by atoms with E-state index in [-0.39, 0.29) is 27.9 Å². The zero-order chi connectivity index (χ0) is 21.5. The fourth-order valence-electron chi connectivity index (χ4n) is 3.00. The van der Waals surface area contributed by atoms with Crippen molar-refractivity contribution in [2.24, 2.45) is 0 Å². The molecule has 1 aliphatic heterocycles. The van der Waals surface area contributed by atoms with E-state index in [2.05, 4.69) is 15.9 Å². The van der Waals surface area contributed by atoms with Gasteiger partial charge in [-0.05, 0) is 52.2 Å². The number of rotatable bonds is 3. The van der Waals surface area contributed by atoms with E-state index >= 15 is 0 Å². The molecule has 1 amide bonds. The molecule has 9 heteroatoms. The van der Waals surface area contributed by atoms with Gasteiger partial charge in [-0.25, -0.2) is 9.18 Å². The molecule has 0 aliphatic carbocycles. The van der Waals surface area contributed by atoms with Gasteiger partial charge in [0.1, 0.15) is 5.82 Å². The predicted molar refractivity (Wildman–Crippen MR) is 102 cm³/mol. The number of alkyl halides is 3. The van der Waals surface area contributed by atoms with Crippen LogP contribution in [0.15, 0.2) is 42.0 Å². The van der Waals surface area contributed by atoms with E-state index in [1.165, 1.54) is 12.1 Å². The number of nitrogens with zero attached hydrogens (tertiary/aromatic N) is 1. The third kappa shape index (κ3) is 4.19. The van der Waals surface area contributed by atoms with Gasteiger partial charge in [0.05, 0.1) is 29.8 Å². The van der Waals surface area contributed by atoms with Gasteiger partial charge in [0.2, 0.25) is 5.91 Å². The zero-order valence-electron chi connectivity index (χ0n) is 15.0. The summed E-state index contributed by atoms with van der Waals surface area (Å²) in [6.07, 6.45) is -5.18. The smallest absolute Gasteiger partial charge is 0.416 e. The maximum Gasteiger partial charge on any atom is 0.416 e. The molecule has 152 valence electrons. The van der Waals surface area contributed by atoms with Crippen LogP contribution in [0, 0.1) is 12.7 Å². The molecule has 2 aromatic rings. The summed E-state index contributed by atoms with van der Waals surface area (Å²) in [4.78, 5) is 25.4. The number of benzene rings is 2. The molecule has 1 aliphatic rings. The van der Waals surface area contributed by atoms with Gasteiger partial charge in [0.15, 0.2) is 0 Å². The SMILES string of the molecule is Cc1ccc(CN2C(=O)CC(C(=O)O)=C(Br)c3ccc(C(F)(F)F)cc32)cc1F. The van der Waals surface area contributed by atoms with Crippen molar-refractivity contribution >= 4 is 38.0 Å². The van der Waals surface area contributed by atoms with Gasteiger partial charge in [-0.2, -0.15) is 13.2 Å². The number of anilines is 1. The molecule has 1 N–H and O–H groups in total. The van der Waals surface area contributed by atoms with Crippen LogP contribution in [0.1, 0.15) is 28.7 Å². The highest BCUT2D eigenvalue weighted by Crippen LogP contribution is 2.42. The third-order valence-corrected chi connectivity index (χ3v) is 5.49. The molecule has 0 fully saturated rings. The molecule has 0 spiro atoms. The average Bonchev–Trinajstić information content (AvgIpc) is 2.74. The van der Waals surface area contributed by atoms with Crippen LogP contribution in [0.2, 0.25) is 0 Å². The Balaban J connectivity index is 2.17. The molecule has 0 atom stereocenters. The zero-order valence-corrected chi connectivity index (χ0v) is 16.6. The van der Waals surface area contributed by atoms with E-state index in [0.717, 1.165) is 23.1 Å². The van der Waals surface area contributed by atoms with Crippen molar-refractivity contribution in [1.82, 2.24) is 0 Å². The van der Waals surface area contributed by atoms with Gasteiger partial charge < -0.3 is 10.0 Å². The summed E-state index contributed by atoms with van der Waals surface area (Å²) < 4.78 is 53.7. The van der Waals surface area contributed by atoms with Crippen LogP contribution < -0.4 is 4.90 Å². The standard InChI is InChI=1S/C20H14BrF4NO3/c1-10-2-3-11(6-15(10)22)9-26-16-7-12(20(23,24)25)4-5-13(16)18(21)14(19(28)29)8-17(26)27/h2-7H,8-9H2,1H3,(H,28,29). The number of carboxylic acids is 1. The van der Waals surface area contributed by atoms with E-state index in [1.807, 2.05) is 0 Å². The minimum atomic E-state index is -4.65. The molecular weight excluding hydrogens is 458 g/mol. The van der Waals surface area contributed by atoms with Crippen molar-refractivity contribution in [3.8, 4) is 0 Å². The number of fused-ring (bicyclic) bond motifs is 1. The highest BCUT2D eigenvalue weighted by Gasteiger charge is 2.35. The van der Waals surface area contributed by atoms with E-state index in [0.29, 0.717) is 11.1 Å². The second-order valence-electron chi connectivity index (χ2n) is 6.57. The minimum absolute atomic E-state index is 0.0275. The molecule has 0 bridgehead atoms. The largest absolute Gasteiger partial charge is 0.478 e. The van der Waals surface area contributed by atoms with Crippen LogP contribution >= 0.6 is 15.9 Å². The lowest BCUT2D eigenvalue weighted by Gasteiger charge is -2.24. The molecule has 4 nitrogen and oxygen atoms in total. The molecule has 0 unspecified atom stereocenters. The van der Waals surface area contributed by atoms with Crippen LogP contribution in [-0.2, 0) is 22.3 Å². The quantitative estimate of drug-likeness (QED) is 0.619. The second kappa shape index (κ2) is 7.62. The first-order valence-electron chi connectivity index (χ1n) is 8.38. The normalized spacial score (nSPS) is 14.7. The van der Waals surface area contributed by atoms with Crippen molar-refractivity contribution in [1.29, 1.82) is 0 Å². The minimum Gasteiger partial charge on any atom is -0.478 e. The summed E-state index contributed by atoms with van der Waals surface area (Å²) in [5, 5.41) is 9.42. The molecule has 0 saturated carbocycles. The number of hydrogen-bond acceptors (Lipinski definition) is 2. The van der Waals surface area contributed by atoms with Gasteiger partial charge in [0, 0.05) is 10.0 Å². The number of amides is 1. The van der Waals surface area contributed by atoms with E-state index in [4.69, 9.17) is 0 Å². The Labute approximate surface area is 171 Å². The van der Waals surface area contributed by atoms with Crippen LogP contribution in [0.5, 0.6) is 0 Å². The summed E-state index contributed by atoms with van der Waals surface area (Å²) in [6, 6.07) is 6.98. The first-order chi connectivity index (χ1) is 13.5. The van der Waals surface area contributed by atoms with Crippen molar-refractivity contribution in [3.05, 3.63) is 70.0 Å². The lowest BCUT2D eigenvalue weighted by atomic mass is 10.0. The van der Waals surface area contributed by atoms with Gasteiger partial charge in [-0.15, -0.1) is 0 Å². The topological polar surface area (TPSA) is 57.6 Å². The van der Waals surface area contributed by atoms with Crippen LogP contribution in [0.25, 0.3) is 4.48 Å². The number of halogens is 5. The number of carboxylic acid groups (broad SMARTS) is 1. The first-order valence-corrected chi connectivity index (χ1v) is 9.17. The van der Waals surface area contributed by atoms with E-state index < -0.39 is 35.9 Å². The second-order valence-corrected chi connectivity index (χ2v) is 7.36. The van der Waals surface area contributed by atoms with Crippen LogP contribution in [0.3, 0.4) is 0 Å². The van der Waals surface area contributed by atoms with Gasteiger partial charge in [-0.1, -0.05) is 18.2 Å². The fraction of sp³-hybridized carbons (Fsp3) is 0.200. The number of carbonyl (C=O) groups is 2. The Morgan fingerprint density at radius 1 is 1.21 bits per heavy atom. The summed E-state index contributed by atoms with van der Waals surface area (Å²) in [7, 11) is 0. The number of carbonyl (C=O) groups excluding carboxylic acids is 1. The van der Waals surface area contributed by atoms with Crippen molar-refractivity contribution in [3.63, 3.8) is 0 Å². The maximum atomic E-state index is 13.9. The van der Waals surface area contributed by atoms with E-state index in [9.17, 15) is 32.3 Å². The third-order valence-electron chi connectivity index (χ3n) is 4.58. The summed E-state index contributed by atoms with van der Waals surface area (Å²) in [5.41, 5.74) is -0.479. The summed E-state index contributed by atoms with van der Waals surface area (Å²) >= 11 is 3.12. The van der Waals surface area contributed by atoms with Gasteiger partial charge >= 0.3 is 12.1 Å². The Morgan fingerprint density at radius 2 is 1.90 bits per heavy atom. The Hall–Kier alpha value is -2.68. The molecule has 3 rings (SSSR count). The summed E-state index contributed by atoms with van der Waals surface area (Å²) in [5.74, 6) is -2.59. The molecule has 2 aromatic carbocycles. The highest BCUT2D eigenvalue weighted by atomic mass is 79.9. The maximum absolute atomic E-state index is 13.9. The molecular formula is C20H14BrF4NO3.